The zero-order valence-electron chi connectivity index (χ0n) is 21.2. The molecule has 0 aliphatic carbocycles. The van der Waals surface area contributed by atoms with Crippen molar-refractivity contribution in [2.75, 3.05) is 38.6 Å². The maximum Gasteiger partial charge on any atom is 0.246 e. The third-order valence-electron chi connectivity index (χ3n) is 6.72. The molecule has 1 N–H and O–H groups in total. The van der Waals surface area contributed by atoms with Crippen molar-refractivity contribution in [3.05, 3.63) is 95.6 Å². The lowest BCUT2D eigenvalue weighted by Gasteiger charge is -2.30. The van der Waals surface area contributed by atoms with E-state index >= 15 is 0 Å². The van der Waals surface area contributed by atoms with Crippen molar-refractivity contribution in [3.8, 4) is 5.75 Å². The Morgan fingerprint density at radius 1 is 0.889 bits per heavy atom. The predicted octanol–water partition coefficient (Wildman–Crippen LogP) is 4.85. The normalized spacial score (nSPS) is 15.1. The standard InChI is InChI=1S/C30H35N3O3/c1-23-9-14-26(15-10-23)31-30(35)29(25-7-4-3-5-8-25)33-20-6-19-32(21-22-33)28(34)18-13-24-11-16-27(36-2)17-12-24/h3-5,7-12,14-17,29H,6,13,18-22H2,1-2H3,(H,31,35). The molecule has 1 heterocycles. The molecule has 0 saturated carbocycles. The van der Waals surface area contributed by atoms with Gasteiger partial charge in [0.15, 0.2) is 0 Å². The zero-order valence-corrected chi connectivity index (χ0v) is 21.2. The Balaban J connectivity index is 1.40. The van der Waals surface area contributed by atoms with Crippen LogP contribution < -0.4 is 10.1 Å². The van der Waals surface area contributed by atoms with Crippen LogP contribution in [0.25, 0.3) is 0 Å². The van der Waals surface area contributed by atoms with Gasteiger partial charge in [-0.05, 0) is 55.2 Å². The number of aryl methyl sites for hydroxylation is 2. The van der Waals surface area contributed by atoms with Crippen LogP contribution in [0, 0.1) is 6.92 Å². The quantitative estimate of drug-likeness (QED) is 0.496. The Morgan fingerprint density at radius 3 is 2.31 bits per heavy atom. The minimum atomic E-state index is -0.415. The number of benzene rings is 3. The molecule has 0 bridgehead atoms. The van der Waals surface area contributed by atoms with E-state index in [1.807, 2.05) is 90.7 Å². The summed E-state index contributed by atoms with van der Waals surface area (Å²) in [4.78, 5) is 30.6. The fourth-order valence-electron chi connectivity index (χ4n) is 4.66. The lowest BCUT2D eigenvalue weighted by atomic mass is 10.0. The number of hydrogen-bond acceptors (Lipinski definition) is 4. The van der Waals surface area contributed by atoms with E-state index in [2.05, 4.69) is 10.2 Å². The SMILES string of the molecule is COc1ccc(CCC(=O)N2CCCN(C(C(=O)Nc3ccc(C)cc3)c3ccccc3)CC2)cc1. The number of nitrogens with one attached hydrogen (secondary N) is 1. The number of hydrogen-bond donors (Lipinski definition) is 1. The van der Waals surface area contributed by atoms with E-state index in [9.17, 15) is 9.59 Å². The minimum Gasteiger partial charge on any atom is -0.497 e. The monoisotopic (exact) mass is 485 g/mol. The molecular formula is C30H35N3O3. The number of carbonyl (C=O) groups excluding carboxylic acids is 2. The van der Waals surface area contributed by atoms with Crippen LogP contribution in [-0.2, 0) is 16.0 Å². The van der Waals surface area contributed by atoms with Gasteiger partial charge in [0.1, 0.15) is 11.8 Å². The average molecular weight is 486 g/mol. The summed E-state index contributed by atoms with van der Waals surface area (Å²) in [6, 6.07) is 25.2. The molecule has 3 aromatic rings. The highest BCUT2D eigenvalue weighted by Crippen LogP contribution is 2.25. The summed E-state index contributed by atoms with van der Waals surface area (Å²) in [5.41, 5.74) is 4.02. The fraction of sp³-hybridized carbons (Fsp3) is 0.333. The van der Waals surface area contributed by atoms with Crippen LogP contribution in [0.5, 0.6) is 5.75 Å². The van der Waals surface area contributed by atoms with Gasteiger partial charge < -0.3 is 15.0 Å². The van der Waals surface area contributed by atoms with Crippen molar-refractivity contribution < 1.29 is 14.3 Å². The molecule has 4 rings (SSSR count). The Labute approximate surface area is 213 Å². The highest BCUT2D eigenvalue weighted by molar-refractivity contribution is 5.95. The molecule has 1 unspecified atom stereocenters. The van der Waals surface area contributed by atoms with Crippen LogP contribution in [0.1, 0.15) is 35.6 Å². The number of carbonyl (C=O) groups is 2. The summed E-state index contributed by atoms with van der Waals surface area (Å²) < 4.78 is 5.21. The summed E-state index contributed by atoms with van der Waals surface area (Å²) in [5, 5.41) is 3.10. The lowest BCUT2D eigenvalue weighted by molar-refractivity contribution is -0.131. The van der Waals surface area contributed by atoms with Gasteiger partial charge in [-0.1, -0.05) is 60.2 Å². The van der Waals surface area contributed by atoms with E-state index in [0.29, 0.717) is 32.5 Å². The summed E-state index contributed by atoms with van der Waals surface area (Å²) in [7, 11) is 1.65. The molecule has 1 saturated heterocycles. The maximum atomic E-state index is 13.5. The summed E-state index contributed by atoms with van der Waals surface area (Å²) in [6.45, 7) is 4.75. The molecule has 1 atom stereocenters. The second kappa shape index (κ2) is 12.4. The van der Waals surface area contributed by atoms with Crippen molar-refractivity contribution in [2.24, 2.45) is 0 Å². The zero-order chi connectivity index (χ0) is 25.3. The molecule has 1 fully saturated rings. The van der Waals surface area contributed by atoms with Gasteiger partial charge in [0.2, 0.25) is 11.8 Å². The molecule has 36 heavy (non-hydrogen) atoms. The number of amides is 2. The predicted molar refractivity (Wildman–Crippen MR) is 143 cm³/mol. The number of anilines is 1. The van der Waals surface area contributed by atoms with Crippen LogP contribution in [0.15, 0.2) is 78.9 Å². The van der Waals surface area contributed by atoms with Gasteiger partial charge >= 0.3 is 0 Å². The van der Waals surface area contributed by atoms with E-state index in [0.717, 1.165) is 41.1 Å². The van der Waals surface area contributed by atoms with Crippen molar-refractivity contribution >= 4 is 17.5 Å². The van der Waals surface area contributed by atoms with Crippen molar-refractivity contribution in [1.82, 2.24) is 9.80 Å². The highest BCUT2D eigenvalue weighted by Gasteiger charge is 2.30. The number of rotatable bonds is 8. The second-order valence-electron chi connectivity index (χ2n) is 9.29. The van der Waals surface area contributed by atoms with Gasteiger partial charge in [-0.15, -0.1) is 0 Å². The Morgan fingerprint density at radius 2 is 1.61 bits per heavy atom. The first-order valence-corrected chi connectivity index (χ1v) is 12.6. The summed E-state index contributed by atoms with van der Waals surface area (Å²) in [6.07, 6.45) is 2.01. The molecule has 1 aliphatic heterocycles. The molecule has 0 aromatic heterocycles. The van der Waals surface area contributed by atoms with Gasteiger partial charge in [0.05, 0.1) is 7.11 Å². The summed E-state index contributed by atoms with van der Waals surface area (Å²) in [5.74, 6) is 0.925. The molecule has 6 heteroatoms. The van der Waals surface area contributed by atoms with Gasteiger partial charge in [-0.2, -0.15) is 0 Å². The largest absolute Gasteiger partial charge is 0.497 e. The molecule has 3 aromatic carbocycles. The maximum absolute atomic E-state index is 13.5. The van der Waals surface area contributed by atoms with Crippen molar-refractivity contribution in [3.63, 3.8) is 0 Å². The number of methoxy groups -OCH3 is 1. The smallest absolute Gasteiger partial charge is 0.246 e. The summed E-state index contributed by atoms with van der Waals surface area (Å²) >= 11 is 0. The van der Waals surface area contributed by atoms with Crippen LogP contribution in [0.2, 0.25) is 0 Å². The van der Waals surface area contributed by atoms with Crippen LogP contribution in [0.3, 0.4) is 0 Å². The molecule has 6 nitrogen and oxygen atoms in total. The average Bonchev–Trinajstić information content (AvgIpc) is 3.16. The van der Waals surface area contributed by atoms with Gasteiger partial charge in [0, 0.05) is 38.3 Å². The number of ether oxygens (including phenoxy) is 1. The molecule has 2 amide bonds. The number of nitrogens with zero attached hydrogens (tertiary/aromatic N) is 2. The Kier molecular flexibility index (Phi) is 8.74. The Hall–Kier alpha value is -3.64. The topological polar surface area (TPSA) is 61.9 Å². The van der Waals surface area contributed by atoms with Gasteiger partial charge in [-0.3, -0.25) is 14.5 Å². The van der Waals surface area contributed by atoms with Gasteiger partial charge in [-0.25, -0.2) is 0 Å². The van der Waals surface area contributed by atoms with E-state index in [4.69, 9.17) is 4.74 Å². The first-order chi connectivity index (χ1) is 17.5. The molecule has 0 spiro atoms. The van der Waals surface area contributed by atoms with Crippen molar-refractivity contribution in [2.45, 2.75) is 32.2 Å². The molecule has 0 radical (unpaired) electrons. The van der Waals surface area contributed by atoms with Crippen LogP contribution in [-0.4, -0.2) is 54.9 Å². The van der Waals surface area contributed by atoms with Crippen LogP contribution >= 0.6 is 0 Å². The van der Waals surface area contributed by atoms with Gasteiger partial charge in [0.25, 0.3) is 0 Å². The van der Waals surface area contributed by atoms with Crippen molar-refractivity contribution in [1.29, 1.82) is 0 Å². The fourth-order valence-corrected chi connectivity index (χ4v) is 4.66. The molecule has 188 valence electrons. The van der Waals surface area contributed by atoms with E-state index in [1.165, 1.54) is 0 Å². The van der Waals surface area contributed by atoms with E-state index in [-0.39, 0.29) is 11.8 Å². The first kappa shape index (κ1) is 25.5. The molecule has 1 aliphatic rings. The van der Waals surface area contributed by atoms with E-state index < -0.39 is 6.04 Å². The highest BCUT2D eigenvalue weighted by atomic mass is 16.5. The van der Waals surface area contributed by atoms with Crippen LogP contribution in [0.4, 0.5) is 5.69 Å². The first-order valence-electron chi connectivity index (χ1n) is 12.6. The third kappa shape index (κ3) is 6.73. The molecular weight excluding hydrogens is 450 g/mol. The lowest BCUT2D eigenvalue weighted by Crippen LogP contribution is -2.40. The second-order valence-corrected chi connectivity index (χ2v) is 9.29. The Bertz CT molecular complexity index is 1130. The van der Waals surface area contributed by atoms with E-state index in [1.54, 1.807) is 7.11 Å². The minimum absolute atomic E-state index is 0.0515. The third-order valence-corrected chi connectivity index (χ3v) is 6.72.